The van der Waals surface area contributed by atoms with Gasteiger partial charge in [-0.25, -0.2) is 0 Å². The van der Waals surface area contributed by atoms with Crippen molar-refractivity contribution in [3.8, 4) is 11.8 Å². The first kappa shape index (κ1) is 22.1. The van der Waals surface area contributed by atoms with Gasteiger partial charge in [-0.3, -0.25) is 4.99 Å². The van der Waals surface area contributed by atoms with Gasteiger partial charge in [0.1, 0.15) is 11.9 Å². The Kier molecular flexibility index (Phi) is 9.84. The van der Waals surface area contributed by atoms with E-state index in [0.29, 0.717) is 29.6 Å². The zero-order chi connectivity index (χ0) is 18.1. The largest absolute Gasteiger partial charge is 0.489 e. The number of nitrogens with one attached hydrogen (secondary N) is 2. The number of halogens is 2. The van der Waals surface area contributed by atoms with E-state index in [-0.39, 0.29) is 30.1 Å². The van der Waals surface area contributed by atoms with Crippen molar-refractivity contribution in [3.63, 3.8) is 0 Å². The van der Waals surface area contributed by atoms with Gasteiger partial charge < -0.3 is 15.4 Å². The molecule has 0 bridgehead atoms. The Hall–Kier alpha value is -1.98. The third-order valence-electron chi connectivity index (χ3n) is 3.47. The molecule has 0 aliphatic heterocycles. The van der Waals surface area contributed by atoms with Gasteiger partial charge in [-0.2, -0.15) is 5.26 Å². The standard InChI is InChI=1S/C19H21ClN4O.HI/c1-14(25-18-9-7-17(20)8-10-18)12-23-19(22-2)24-13-16-5-3-15(11-21)4-6-16;/h3-10,14H,12-13H2,1-2H3,(H2,22,23,24);1H. The van der Waals surface area contributed by atoms with Gasteiger partial charge in [0.2, 0.25) is 0 Å². The molecule has 5 nitrogen and oxygen atoms in total. The van der Waals surface area contributed by atoms with Gasteiger partial charge in [-0.15, -0.1) is 24.0 Å². The Labute approximate surface area is 176 Å². The van der Waals surface area contributed by atoms with Crippen molar-refractivity contribution in [2.24, 2.45) is 4.99 Å². The highest BCUT2D eigenvalue weighted by molar-refractivity contribution is 14.0. The van der Waals surface area contributed by atoms with Crippen LogP contribution in [0, 0.1) is 11.3 Å². The topological polar surface area (TPSA) is 69.4 Å². The molecule has 0 aliphatic rings. The normalized spacial score (nSPS) is 11.7. The van der Waals surface area contributed by atoms with Crippen LogP contribution in [-0.2, 0) is 6.54 Å². The van der Waals surface area contributed by atoms with Gasteiger partial charge in [0.05, 0.1) is 18.2 Å². The minimum Gasteiger partial charge on any atom is -0.489 e. The van der Waals surface area contributed by atoms with Crippen molar-refractivity contribution in [2.75, 3.05) is 13.6 Å². The molecule has 0 spiro atoms. The molecule has 2 rings (SSSR count). The van der Waals surface area contributed by atoms with Gasteiger partial charge in [-0.05, 0) is 48.9 Å². The minimum absolute atomic E-state index is 0. The molecular formula is C19H22ClIN4O. The van der Waals surface area contributed by atoms with Crippen LogP contribution in [0.25, 0.3) is 0 Å². The molecule has 7 heteroatoms. The van der Waals surface area contributed by atoms with Gasteiger partial charge in [0.25, 0.3) is 0 Å². The molecule has 0 radical (unpaired) electrons. The number of rotatable bonds is 6. The predicted octanol–water partition coefficient (Wildman–Crippen LogP) is 3.96. The summed E-state index contributed by atoms with van der Waals surface area (Å²) in [5.74, 6) is 1.47. The second-order valence-electron chi connectivity index (χ2n) is 5.50. The van der Waals surface area contributed by atoms with Crippen molar-refractivity contribution < 1.29 is 4.74 Å². The summed E-state index contributed by atoms with van der Waals surface area (Å²) in [7, 11) is 1.72. The quantitative estimate of drug-likeness (QED) is 0.370. The fourth-order valence-electron chi connectivity index (χ4n) is 2.13. The SMILES string of the molecule is CN=C(NCc1ccc(C#N)cc1)NCC(C)Oc1ccc(Cl)cc1.I. The predicted molar refractivity (Wildman–Crippen MR) is 116 cm³/mol. The molecule has 0 fully saturated rings. The number of hydrogen-bond donors (Lipinski definition) is 2. The van der Waals surface area contributed by atoms with Crippen LogP contribution in [0.2, 0.25) is 5.02 Å². The molecule has 0 amide bonds. The zero-order valence-corrected chi connectivity index (χ0v) is 17.8. The van der Waals surface area contributed by atoms with Crippen molar-refractivity contribution >= 4 is 41.5 Å². The van der Waals surface area contributed by atoms with Gasteiger partial charge in [-0.1, -0.05) is 23.7 Å². The third kappa shape index (κ3) is 7.50. The van der Waals surface area contributed by atoms with E-state index in [0.717, 1.165) is 11.3 Å². The van der Waals surface area contributed by atoms with Crippen molar-refractivity contribution in [1.82, 2.24) is 10.6 Å². The highest BCUT2D eigenvalue weighted by atomic mass is 127. The summed E-state index contributed by atoms with van der Waals surface area (Å²) in [6.45, 7) is 3.21. The number of aliphatic imine (C=N–C) groups is 1. The Balaban J connectivity index is 0.00000338. The summed E-state index contributed by atoms with van der Waals surface area (Å²) in [5.41, 5.74) is 1.73. The summed E-state index contributed by atoms with van der Waals surface area (Å²) in [6, 6.07) is 16.8. The van der Waals surface area contributed by atoms with E-state index in [9.17, 15) is 0 Å². The molecule has 2 aromatic carbocycles. The first-order valence-electron chi connectivity index (χ1n) is 7.96. The highest BCUT2D eigenvalue weighted by Gasteiger charge is 2.06. The first-order chi connectivity index (χ1) is 12.1. The second kappa shape index (κ2) is 11.6. The number of nitrogens with zero attached hydrogens (tertiary/aromatic N) is 2. The molecule has 0 saturated carbocycles. The number of nitriles is 1. The molecule has 2 aromatic rings. The molecule has 0 aliphatic carbocycles. The average Bonchev–Trinajstić information content (AvgIpc) is 2.64. The lowest BCUT2D eigenvalue weighted by Gasteiger charge is -2.18. The summed E-state index contributed by atoms with van der Waals surface area (Å²) < 4.78 is 5.82. The maximum absolute atomic E-state index is 8.81. The number of benzene rings is 2. The van der Waals surface area contributed by atoms with Crippen LogP contribution in [0.15, 0.2) is 53.5 Å². The molecular weight excluding hydrogens is 463 g/mol. The Morgan fingerprint density at radius 3 is 2.38 bits per heavy atom. The molecule has 0 heterocycles. The maximum Gasteiger partial charge on any atom is 0.191 e. The van der Waals surface area contributed by atoms with Crippen LogP contribution in [0.4, 0.5) is 0 Å². The number of hydrogen-bond acceptors (Lipinski definition) is 3. The molecule has 2 N–H and O–H groups in total. The Bertz CT molecular complexity index is 742. The fourth-order valence-corrected chi connectivity index (χ4v) is 2.26. The van der Waals surface area contributed by atoms with Crippen LogP contribution in [0.5, 0.6) is 5.75 Å². The van der Waals surface area contributed by atoms with Crippen molar-refractivity contribution in [3.05, 3.63) is 64.7 Å². The van der Waals surface area contributed by atoms with Crippen LogP contribution >= 0.6 is 35.6 Å². The highest BCUT2D eigenvalue weighted by Crippen LogP contribution is 2.16. The maximum atomic E-state index is 8.81. The third-order valence-corrected chi connectivity index (χ3v) is 3.73. The van der Waals surface area contributed by atoms with Gasteiger partial charge >= 0.3 is 0 Å². The number of guanidine groups is 1. The lowest BCUT2D eigenvalue weighted by Crippen LogP contribution is -2.41. The molecule has 26 heavy (non-hydrogen) atoms. The zero-order valence-electron chi connectivity index (χ0n) is 14.7. The Morgan fingerprint density at radius 1 is 1.15 bits per heavy atom. The monoisotopic (exact) mass is 484 g/mol. The van der Waals surface area contributed by atoms with E-state index >= 15 is 0 Å². The average molecular weight is 485 g/mol. The van der Waals surface area contributed by atoms with Crippen LogP contribution in [-0.4, -0.2) is 25.7 Å². The fraction of sp³-hybridized carbons (Fsp3) is 0.263. The van der Waals surface area contributed by atoms with E-state index in [4.69, 9.17) is 21.6 Å². The summed E-state index contributed by atoms with van der Waals surface area (Å²) in [4.78, 5) is 4.20. The van der Waals surface area contributed by atoms with E-state index in [2.05, 4.69) is 21.7 Å². The Morgan fingerprint density at radius 2 is 1.81 bits per heavy atom. The van der Waals surface area contributed by atoms with E-state index < -0.39 is 0 Å². The molecule has 1 unspecified atom stereocenters. The van der Waals surface area contributed by atoms with Crippen molar-refractivity contribution in [2.45, 2.75) is 19.6 Å². The molecule has 0 saturated heterocycles. The summed E-state index contributed by atoms with van der Waals surface area (Å²) in [6.07, 6.45) is -0.0327. The molecule has 1 atom stereocenters. The lowest BCUT2D eigenvalue weighted by molar-refractivity contribution is 0.224. The van der Waals surface area contributed by atoms with Gasteiger partial charge in [0.15, 0.2) is 5.96 Å². The summed E-state index contributed by atoms with van der Waals surface area (Å²) in [5, 5.41) is 16.0. The van der Waals surface area contributed by atoms with Crippen molar-refractivity contribution in [1.29, 1.82) is 5.26 Å². The van der Waals surface area contributed by atoms with Crippen LogP contribution < -0.4 is 15.4 Å². The molecule has 0 aromatic heterocycles. The summed E-state index contributed by atoms with van der Waals surface area (Å²) >= 11 is 5.86. The van der Waals surface area contributed by atoms with Gasteiger partial charge in [0, 0.05) is 18.6 Å². The lowest BCUT2D eigenvalue weighted by atomic mass is 10.1. The van der Waals surface area contributed by atoms with E-state index in [1.807, 2.05) is 31.2 Å². The molecule has 138 valence electrons. The first-order valence-corrected chi connectivity index (χ1v) is 8.34. The van der Waals surface area contributed by atoms with Crippen LogP contribution in [0.3, 0.4) is 0 Å². The smallest absolute Gasteiger partial charge is 0.191 e. The second-order valence-corrected chi connectivity index (χ2v) is 5.93. The van der Waals surface area contributed by atoms with E-state index in [1.54, 1.807) is 31.3 Å². The van der Waals surface area contributed by atoms with Crippen LogP contribution in [0.1, 0.15) is 18.1 Å². The van der Waals surface area contributed by atoms with E-state index in [1.165, 1.54) is 0 Å². The number of ether oxygens (including phenoxy) is 1. The minimum atomic E-state index is -0.0327.